The number of hydrogen-bond donors (Lipinski definition) is 2. The monoisotopic (exact) mass is 343 g/mol. The molecule has 7 unspecified atom stereocenters. The van der Waals surface area contributed by atoms with Gasteiger partial charge in [-0.05, 0) is 66.9 Å². The molecule has 1 saturated heterocycles. The summed E-state index contributed by atoms with van der Waals surface area (Å²) < 4.78 is 0. The van der Waals surface area contributed by atoms with Gasteiger partial charge in [-0.15, -0.1) is 0 Å². The Morgan fingerprint density at radius 1 is 1.20 bits per heavy atom. The summed E-state index contributed by atoms with van der Waals surface area (Å²) in [6.45, 7) is 11.5. The minimum Gasteiger partial charge on any atom is -0.392 e. The molecule has 0 amide bonds. The molecule has 1 heterocycles. The first-order valence-corrected chi connectivity index (χ1v) is 10.7. The summed E-state index contributed by atoms with van der Waals surface area (Å²) in [6.07, 6.45) is 6.75. The van der Waals surface area contributed by atoms with Crippen LogP contribution in [0, 0.1) is 39.9 Å². The lowest BCUT2D eigenvalue weighted by molar-refractivity contribution is -0.227. The average molecular weight is 344 g/mol. The van der Waals surface area contributed by atoms with Crippen LogP contribution in [0.2, 0.25) is 0 Å². The van der Waals surface area contributed by atoms with E-state index < -0.39 is 0 Å². The van der Waals surface area contributed by atoms with Crippen LogP contribution >= 0.6 is 0 Å². The molecular weight excluding hydrogens is 310 g/mol. The molecule has 7 aliphatic rings. The van der Waals surface area contributed by atoms with Gasteiger partial charge in [0.25, 0.3) is 0 Å². The van der Waals surface area contributed by atoms with Crippen molar-refractivity contribution in [2.45, 2.75) is 70.6 Å². The summed E-state index contributed by atoms with van der Waals surface area (Å²) in [4.78, 5) is 2.77. The fourth-order valence-electron chi connectivity index (χ4n) is 10.1. The van der Waals surface area contributed by atoms with Crippen molar-refractivity contribution >= 4 is 0 Å². The number of nitrogens with zero attached hydrogens (tertiary/aromatic N) is 1. The molecule has 0 aromatic carbocycles. The largest absolute Gasteiger partial charge is 0.392 e. The Balaban J connectivity index is 1.60. The van der Waals surface area contributed by atoms with Crippen LogP contribution in [0.4, 0.5) is 0 Å². The van der Waals surface area contributed by atoms with E-state index in [4.69, 9.17) is 0 Å². The van der Waals surface area contributed by atoms with Crippen molar-refractivity contribution in [1.82, 2.24) is 4.90 Å². The molecule has 10 atom stereocenters. The molecule has 138 valence electrons. The van der Waals surface area contributed by atoms with Gasteiger partial charge < -0.3 is 10.2 Å². The molecule has 6 saturated carbocycles. The number of rotatable bonds is 1. The highest BCUT2D eigenvalue weighted by atomic mass is 16.3. The molecular formula is C22H33NO2. The SMILES string of the molecule is C=C1C2CCC3(C1O)C1C[C@@H]4[C@@]5(C)CCC[C@@]4(C1N(CC)C5)C3C2O. The van der Waals surface area contributed by atoms with Crippen molar-refractivity contribution in [3.8, 4) is 0 Å². The van der Waals surface area contributed by atoms with Crippen molar-refractivity contribution < 1.29 is 10.2 Å². The van der Waals surface area contributed by atoms with E-state index >= 15 is 0 Å². The second kappa shape index (κ2) is 4.36. The highest BCUT2D eigenvalue weighted by Crippen LogP contribution is 2.83. The van der Waals surface area contributed by atoms with Crippen LogP contribution in [0.25, 0.3) is 0 Å². The summed E-state index contributed by atoms with van der Waals surface area (Å²) in [5.74, 6) is 1.77. The Labute approximate surface area is 151 Å². The third-order valence-corrected chi connectivity index (χ3v) is 10.5. The van der Waals surface area contributed by atoms with Crippen LogP contribution < -0.4 is 0 Å². The molecule has 1 aliphatic heterocycles. The Morgan fingerprint density at radius 2 is 2.00 bits per heavy atom. The maximum Gasteiger partial charge on any atom is 0.0814 e. The average Bonchev–Trinajstić information content (AvgIpc) is 2.99. The summed E-state index contributed by atoms with van der Waals surface area (Å²) >= 11 is 0. The Hall–Kier alpha value is -0.380. The Morgan fingerprint density at radius 3 is 2.76 bits per heavy atom. The van der Waals surface area contributed by atoms with Gasteiger partial charge in [-0.2, -0.15) is 0 Å². The van der Waals surface area contributed by atoms with Gasteiger partial charge in [0.1, 0.15) is 0 Å². The van der Waals surface area contributed by atoms with Crippen LogP contribution in [0.1, 0.15) is 52.4 Å². The first kappa shape index (κ1) is 15.7. The lowest BCUT2D eigenvalue weighted by Crippen LogP contribution is -2.69. The van der Waals surface area contributed by atoms with E-state index in [9.17, 15) is 10.2 Å². The molecule has 0 radical (unpaired) electrons. The predicted molar refractivity (Wildman–Crippen MR) is 96.8 cm³/mol. The maximum absolute atomic E-state index is 11.5. The minimum absolute atomic E-state index is 0.0809. The summed E-state index contributed by atoms with van der Waals surface area (Å²) in [5, 5.41) is 22.9. The molecule has 7 rings (SSSR count). The van der Waals surface area contributed by atoms with Crippen LogP contribution in [-0.2, 0) is 0 Å². The number of hydrogen-bond acceptors (Lipinski definition) is 3. The smallest absolute Gasteiger partial charge is 0.0814 e. The van der Waals surface area contributed by atoms with Gasteiger partial charge in [-0.25, -0.2) is 0 Å². The number of aliphatic hydroxyl groups excluding tert-OH is 2. The van der Waals surface area contributed by atoms with E-state index in [1.165, 1.54) is 32.2 Å². The van der Waals surface area contributed by atoms with Gasteiger partial charge in [0.2, 0.25) is 0 Å². The second-order valence-electron chi connectivity index (χ2n) is 10.7. The van der Waals surface area contributed by atoms with Crippen LogP contribution in [-0.4, -0.2) is 46.5 Å². The second-order valence-corrected chi connectivity index (χ2v) is 10.7. The topological polar surface area (TPSA) is 43.7 Å². The van der Waals surface area contributed by atoms with Crippen molar-refractivity contribution in [1.29, 1.82) is 0 Å². The van der Waals surface area contributed by atoms with Gasteiger partial charge in [0, 0.05) is 29.8 Å². The molecule has 3 nitrogen and oxygen atoms in total. The fourth-order valence-corrected chi connectivity index (χ4v) is 10.1. The fraction of sp³-hybridized carbons (Fsp3) is 0.909. The zero-order chi connectivity index (χ0) is 17.4. The van der Waals surface area contributed by atoms with Crippen molar-refractivity contribution in [3.63, 3.8) is 0 Å². The normalized spacial score (nSPS) is 64.6. The Kier molecular flexibility index (Phi) is 2.73. The predicted octanol–water partition coefficient (Wildman–Crippen LogP) is 2.82. The highest BCUT2D eigenvalue weighted by molar-refractivity contribution is 5.38. The van der Waals surface area contributed by atoms with E-state index in [1.54, 1.807) is 0 Å². The van der Waals surface area contributed by atoms with Crippen molar-refractivity contribution in [2.24, 2.45) is 39.9 Å². The lowest BCUT2D eigenvalue weighted by atomic mass is 9.39. The number of likely N-dealkylation sites (tertiary alicyclic amines) is 1. The van der Waals surface area contributed by atoms with E-state index in [0.29, 0.717) is 23.3 Å². The molecule has 0 aromatic rings. The summed E-state index contributed by atoms with van der Waals surface area (Å²) in [7, 11) is 0. The molecule has 7 fully saturated rings. The third kappa shape index (κ3) is 1.34. The van der Waals surface area contributed by atoms with Crippen molar-refractivity contribution in [2.75, 3.05) is 13.1 Å². The molecule has 2 N–H and O–H groups in total. The zero-order valence-electron chi connectivity index (χ0n) is 15.7. The van der Waals surface area contributed by atoms with Gasteiger partial charge in [0.15, 0.2) is 0 Å². The summed E-state index contributed by atoms with van der Waals surface area (Å²) in [5.41, 5.74) is 1.54. The third-order valence-electron chi connectivity index (χ3n) is 10.5. The molecule has 0 aromatic heterocycles. The van der Waals surface area contributed by atoms with E-state index in [1.807, 2.05) is 0 Å². The number of fused-ring (bicyclic) bond motifs is 2. The van der Waals surface area contributed by atoms with Gasteiger partial charge in [-0.3, -0.25) is 4.90 Å². The Bertz CT molecular complexity index is 662. The molecule has 7 bridgehead atoms. The van der Waals surface area contributed by atoms with Crippen molar-refractivity contribution in [3.05, 3.63) is 12.2 Å². The maximum atomic E-state index is 11.5. The van der Waals surface area contributed by atoms with E-state index in [2.05, 4.69) is 25.3 Å². The van der Waals surface area contributed by atoms with Gasteiger partial charge in [0.05, 0.1) is 12.2 Å². The van der Waals surface area contributed by atoms with Gasteiger partial charge >= 0.3 is 0 Å². The lowest BCUT2D eigenvalue weighted by Gasteiger charge is -2.68. The molecule has 2 spiro atoms. The van der Waals surface area contributed by atoms with Crippen LogP contribution in [0.3, 0.4) is 0 Å². The molecule has 3 heteroatoms. The standard InChI is InChI=1S/C22H33NO2/c1-4-23-11-20(3)7-5-8-22-15(20)10-14(18(22)23)21-9-6-13(12(2)19(21)25)16(24)17(21)22/h13-19,24-25H,2,4-11H2,1,3H3/t13?,14?,15-,16?,17?,18?,19?,20+,21?,22+/m1/s1. The van der Waals surface area contributed by atoms with Crippen LogP contribution in [0.5, 0.6) is 0 Å². The van der Waals surface area contributed by atoms with Gasteiger partial charge in [-0.1, -0.05) is 26.8 Å². The van der Waals surface area contributed by atoms with E-state index in [0.717, 1.165) is 30.9 Å². The molecule has 6 aliphatic carbocycles. The van der Waals surface area contributed by atoms with Crippen LogP contribution in [0.15, 0.2) is 12.2 Å². The minimum atomic E-state index is -0.377. The quantitative estimate of drug-likeness (QED) is 0.720. The zero-order valence-corrected chi connectivity index (χ0v) is 15.7. The first-order valence-electron chi connectivity index (χ1n) is 10.7. The first-order chi connectivity index (χ1) is 11.9. The summed E-state index contributed by atoms with van der Waals surface area (Å²) in [6, 6.07) is 0.592. The van der Waals surface area contributed by atoms with E-state index in [-0.39, 0.29) is 29.0 Å². The number of aliphatic hydroxyl groups is 2. The highest BCUT2D eigenvalue weighted by Gasteiger charge is 2.84. The molecule has 25 heavy (non-hydrogen) atoms. The number of piperidine rings is 1.